The van der Waals surface area contributed by atoms with Gasteiger partial charge in [0.2, 0.25) is 0 Å². The van der Waals surface area contributed by atoms with E-state index in [2.05, 4.69) is 51.4 Å². The van der Waals surface area contributed by atoms with Gasteiger partial charge in [-0.15, -0.1) is 0 Å². The Labute approximate surface area is 276 Å². The number of piperidine rings is 1. The molecule has 252 valence electrons. The second-order valence-corrected chi connectivity index (χ2v) is 11.3. The fraction of sp³-hybridized carbons (Fsp3) is 0.538. The number of hydrogen-bond donors (Lipinski definition) is 11. The zero-order valence-electron chi connectivity index (χ0n) is 25.4. The van der Waals surface area contributed by atoms with Crippen molar-refractivity contribution in [2.45, 2.75) is 51.0 Å². The molecule has 0 saturated carbocycles. The quantitative estimate of drug-likeness (QED) is 0.0717. The van der Waals surface area contributed by atoms with Crippen LogP contribution in [0.5, 0.6) is 0 Å². The molecule has 0 bridgehead atoms. The number of nitrogens with one attached hydrogen (secondary N) is 7. The molecule has 3 heterocycles. The van der Waals surface area contributed by atoms with Crippen LogP contribution < -0.4 is 49.5 Å². The molecule has 3 rings (SSSR count). The zero-order valence-corrected chi connectivity index (χ0v) is 26.9. The maximum absolute atomic E-state index is 12.3. The molecule has 0 unspecified atom stereocenters. The van der Waals surface area contributed by atoms with Crippen molar-refractivity contribution in [2.24, 2.45) is 0 Å². The van der Waals surface area contributed by atoms with Crippen molar-refractivity contribution in [1.82, 2.24) is 51.4 Å². The highest BCUT2D eigenvalue weighted by atomic mass is 35.5. The molecule has 2 aromatic heterocycles. The van der Waals surface area contributed by atoms with Gasteiger partial charge in [0.05, 0.1) is 0 Å². The standard InChI is InChI=1S/C26H42Cl2N16O2/c27-17-21(31)40-19(29)15(38-17)23(45)42-25(33)36-9-3-1-2-8-35-14-6-12-44(13-7-14)11-5-4-10-37-26(34)43-24(46)16-20(30)41-22(32)18(28)39-16/h14,35H,1-13H2,(H4,29,31,40)(H4,30,32,41)(H3,33,36,42,45)(H3,34,37,43,46). The van der Waals surface area contributed by atoms with E-state index in [0.29, 0.717) is 19.1 Å². The number of rotatable bonds is 14. The van der Waals surface area contributed by atoms with Crippen molar-refractivity contribution in [3.63, 3.8) is 0 Å². The molecule has 2 aromatic rings. The third kappa shape index (κ3) is 11.6. The number of halogens is 2. The molecule has 0 radical (unpaired) electrons. The lowest BCUT2D eigenvalue weighted by Gasteiger charge is -2.32. The zero-order chi connectivity index (χ0) is 33.6. The predicted octanol–water partition coefficient (Wildman–Crippen LogP) is 0.115. The maximum Gasteiger partial charge on any atom is 0.280 e. The van der Waals surface area contributed by atoms with Crippen LogP contribution in [0.1, 0.15) is 65.9 Å². The van der Waals surface area contributed by atoms with Gasteiger partial charge < -0.3 is 43.8 Å². The van der Waals surface area contributed by atoms with E-state index in [0.717, 1.165) is 71.1 Å². The Morgan fingerprint density at radius 1 is 0.696 bits per heavy atom. The summed E-state index contributed by atoms with van der Waals surface area (Å²) in [5.41, 5.74) is 22.0. The first-order valence-corrected chi connectivity index (χ1v) is 15.6. The van der Waals surface area contributed by atoms with E-state index in [4.69, 9.17) is 57.0 Å². The molecule has 1 aliphatic heterocycles. The molecule has 2 amide bonds. The Hall–Kier alpha value is -4.26. The van der Waals surface area contributed by atoms with Crippen LogP contribution in [-0.4, -0.2) is 93.9 Å². The number of amides is 2. The van der Waals surface area contributed by atoms with E-state index in [1.807, 2.05) is 0 Å². The van der Waals surface area contributed by atoms with Gasteiger partial charge in [-0.3, -0.25) is 31.0 Å². The third-order valence-corrected chi connectivity index (χ3v) is 7.65. The number of nitrogens with two attached hydrogens (primary N) is 4. The lowest BCUT2D eigenvalue weighted by Crippen LogP contribution is -2.43. The van der Waals surface area contributed by atoms with E-state index in [-0.39, 0.29) is 56.9 Å². The van der Waals surface area contributed by atoms with Crippen LogP contribution in [0.4, 0.5) is 23.3 Å². The summed E-state index contributed by atoms with van der Waals surface area (Å²) < 4.78 is 0. The number of anilines is 4. The number of nitrogens with zero attached hydrogens (tertiary/aromatic N) is 5. The molecule has 0 atom stereocenters. The van der Waals surface area contributed by atoms with Gasteiger partial charge in [-0.2, -0.15) is 0 Å². The number of nitrogen functional groups attached to an aromatic ring is 4. The van der Waals surface area contributed by atoms with E-state index in [1.54, 1.807) is 0 Å². The van der Waals surface area contributed by atoms with E-state index >= 15 is 0 Å². The van der Waals surface area contributed by atoms with Gasteiger partial charge >= 0.3 is 0 Å². The van der Waals surface area contributed by atoms with E-state index < -0.39 is 11.8 Å². The first-order valence-electron chi connectivity index (χ1n) is 14.8. The maximum atomic E-state index is 12.3. The molecular weight excluding hydrogens is 639 g/mol. The molecule has 1 aliphatic rings. The third-order valence-electron chi connectivity index (χ3n) is 7.10. The minimum Gasteiger partial charge on any atom is -0.382 e. The highest BCUT2D eigenvalue weighted by Crippen LogP contribution is 2.18. The van der Waals surface area contributed by atoms with Crippen LogP contribution in [-0.2, 0) is 0 Å². The number of hydrogen-bond acceptors (Lipinski definition) is 14. The number of likely N-dealkylation sites (tertiary alicyclic amines) is 1. The molecule has 1 saturated heterocycles. The summed E-state index contributed by atoms with van der Waals surface area (Å²) in [7, 11) is 0. The number of carbonyl (C=O) groups is 2. The highest BCUT2D eigenvalue weighted by molar-refractivity contribution is 6.32. The molecule has 1 fully saturated rings. The smallest absolute Gasteiger partial charge is 0.280 e. The first-order chi connectivity index (χ1) is 21.9. The van der Waals surface area contributed by atoms with Crippen molar-refractivity contribution in [1.29, 1.82) is 10.8 Å². The Morgan fingerprint density at radius 2 is 1.15 bits per heavy atom. The summed E-state index contributed by atoms with van der Waals surface area (Å²) in [5.74, 6) is -2.17. The average molecular weight is 682 g/mol. The van der Waals surface area contributed by atoms with Gasteiger partial charge in [0.1, 0.15) is 0 Å². The van der Waals surface area contributed by atoms with E-state index in [1.165, 1.54) is 0 Å². The second kappa shape index (κ2) is 18.0. The molecule has 0 aliphatic carbocycles. The summed E-state index contributed by atoms with van der Waals surface area (Å²) in [5, 5.41) is 29.7. The monoisotopic (exact) mass is 680 g/mol. The molecule has 15 N–H and O–H groups in total. The Balaban J connectivity index is 1.16. The SMILES string of the molecule is N=C(NCCCCCNC1CCN(CCCCNC(=N)NC(=O)c2nc(Cl)c(N)nc2N)CC1)NC(=O)c1nc(Cl)c(N)nc1N. The van der Waals surface area contributed by atoms with Crippen LogP contribution in [0.3, 0.4) is 0 Å². The molecule has 20 heteroatoms. The number of guanidine groups is 2. The van der Waals surface area contributed by atoms with Gasteiger partial charge in [-0.25, -0.2) is 19.9 Å². The van der Waals surface area contributed by atoms with Gasteiger partial charge in [0.25, 0.3) is 11.8 Å². The average Bonchev–Trinajstić information content (AvgIpc) is 3.00. The second-order valence-electron chi connectivity index (χ2n) is 10.6. The summed E-state index contributed by atoms with van der Waals surface area (Å²) in [6.07, 6.45) is 6.80. The summed E-state index contributed by atoms with van der Waals surface area (Å²) in [4.78, 5) is 42.1. The fourth-order valence-corrected chi connectivity index (χ4v) is 4.89. The minimum absolute atomic E-state index is 0.0707. The van der Waals surface area contributed by atoms with Crippen molar-refractivity contribution >= 4 is 70.2 Å². The lowest BCUT2D eigenvalue weighted by molar-refractivity contribution is 0.0963. The van der Waals surface area contributed by atoms with Crippen molar-refractivity contribution in [3.8, 4) is 0 Å². The number of carbonyl (C=O) groups excluding carboxylic acids is 2. The van der Waals surface area contributed by atoms with E-state index in [9.17, 15) is 9.59 Å². The predicted molar refractivity (Wildman–Crippen MR) is 179 cm³/mol. The van der Waals surface area contributed by atoms with Crippen molar-refractivity contribution in [3.05, 3.63) is 21.7 Å². The van der Waals surface area contributed by atoms with Gasteiger partial charge in [0.15, 0.2) is 56.9 Å². The summed E-state index contributed by atoms with van der Waals surface area (Å²) >= 11 is 11.6. The van der Waals surface area contributed by atoms with Crippen LogP contribution >= 0.6 is 23.2 Å². The molecule has 0 aromatic carbocycles. The molecule has 18 nitrogen and oxygen atoms in total. The van der Waals surface area contributed by atoms with Crippen LogP contribution in [0.2, 0.25) is 10.3 Å². The topological polar surface area (TPSA) is 301 Å². The van der Waals surface area contributed by atoms with Gasteiger partial charge in [0, 0.05) is 19.1 Å². The first kappa shape index (κ1) is 36.2. The van der Waals surface area contributed by atoms with Crippen molar-refractivity contribution < 1.29 is 9.59 Å². The Morgan fingerprint density at radius 3 is 1.65 bits per heavy atom. The van der Waals surface area contributed by atoms with Crippen LogP contribution in [0.25, 0.3) is 0 Å². The largest absolute Gasteiger partial charge is 0.382 e. The molecule has 46 heavy (non-hydrogen) atoms. The van der Waals surface area contributed by atoms with Gasteiger partial charge in [-0.05, 0) is 64.7 Å². The summed E-state index contributed by atoms with van der Waals surface area (Å²) in [6.45, 7) is 5.03. The minimum atomic E-state index is -0.693. The van der Waals surface area contributed by atoms with Crippen molar-refractivity contribution in [2.75, 3.05) is 62.2 Å². The van der Waals surface area contributed by atoms with Gasteiger partial charge in [-0.1, -0.05) is 29.6 Å². The summed E-state index contributed by atoms with van der Waals surface area (Å²) in [6, 6.07) is 0.496. The number of unbranched alkanes of at least 4 members (excludes halogenated alkanes) is 3. The highest BCUT2D eigenvalue weighted by Gasteiger charge is 2.20. The molecule has 0 spiro atoms. The van der Waals surface area contributed by atoms with Crippen LogP contribution in [0.15, 0.2) is 0 Å². The van der Waals surface area contributed by atoms with Crippen LogP contribution in [0, 0.1) is 10.8 Å². The lowest BCUT2D eigenvalue weighted by atomic mass is 10.0. The fourth-order valence-electron chi connectivity index (χ4n) is 4.63. The normalized spacial score (nSPS) is 13.6. The Kier molecular flexibility index (Phi) is 14.2. The Bertz CT molecular complexity index is 1390. The molecular formula is C26H42Cl2N16O2. The number of aromatic nitrogens is 4.